The van der Waals surface area contributed by atoms with Crippen molar-refractivity contribution in [2.75, 3.05) is 5.32 Å². The fraction of sp³-hybridized carbons (Fsp3) is 0.105. The lowest BCUT2D eigenvalue weighted by Gasteiger charge is -2.05. The van der Waals surface area contributed by atoms with Gasteiger partial charge in [-0.3, -0.25) is 10.1 Å². The molecule has 0 saturated heterocycles. The van der Waals surface area contributed by atoms with E-state index in [2.05, 4.69) is 21.6 Å². The van der Waals surface area contributed by atoms with Crippen LogP contribution < -0.4 is 10.1 Å². The Kier molecular flexibility index (Phi) is 4.37. The first-order valence-electron chi connectivity index (χ1n) is 7.99. The molecule has 0 atom stereocenters. The minimum absolute atomic E-state index is 0.204. The van der Waals surface area contributed by atoms with Crippen molar-refractivity contribution in [2.45, 2.75) is 13.5 Å². The number of aromatic nitrogens is 2. The summed E-state index contributed by atoms with van der Waals surface area (Å²) in [6.07, 6.45) is 0. The van der Waals surface area contributed by atoms with Crippen LogP contribution in [0.5, 0.6) is 5.75 Å². The highest BCUT2D eigenvalue weighted by Crippen LogP contribution is 2.22. The number of nitrogens with zero attached hydrogens (tertiary/aromatic N) is 2. The van der Waals surface area contributed by atoms with Crippen LogP contribution in [-0.2, 0) is 6.61 Å². The van der Waals surface area contributed by atoms with Crippen LogP contribution in [0.1, 0.15) is 21.3 Å². The topological polar surface area (TPSA) is 77.2 Å². The number of anilines is 1. The molecule has 6 nitrogen and oxygen atoms in total. The van der Waals surface area contributed by atoms with E-state index in [9.17, 15) is 4.79 Å². The van der Waals surface area contributed by atoms with Gasteiger partial charge < -0.3 is 9.15 Å². The second kappa shape index (κ2) is 6.97. The number of carbonyl (C=O) groups excluding carboxylic acids is 1. The third-order valence-corrected chi connectivity index (χ3v) is 4.49. The molecule has 0 aliphatic rings. The van der Waals surface area contributed by atoms with Gasteiger partial charge in [0.05, 0.1) is 0 Å². The Labute approximate surface area is 153 Å². The summed E-state index contributed by atoms with van der Waals surface area (Å²) in [5.41, 5.74) is 0. The Morgan fingerprint density at radius 1 is 1.12 bits per heavy atom. The normalized spacial score (nSPS) is 10.8. The molecule has 7 heteroatoms. The van der Waals surface area contributed by atoms with Crippen molar-refractivity contribution in [1.82, 2.24) is 10.2 Å². The van der Waals surface area contributed by atoms with Gasteiger partial charge >= 0.3 is 0 Å². The summed E-state index contributed by atoms with van der Waals surface area (Å²) in [4.78, 5) is 12.2. The third-order valence-electron chi connectivity index (χ3n) is 3.73. The Morgan fingerprint density at radius 3 is 2.77 bits per heavy atom. The van der Waals surface area contributed by atoms with E-state index in [1.165, 1.54) is 11.3 Å². The number of fused-ring (bicyclic) bond motifs is 1. The number of nitrogens with one attached hydrogen (secondary N) is 1. The molecule has 1 amide bonds. The summed E-state index contributed by atoms with van der Waals surface area (Å²) < 4.78 is 11.3. The first-order chi connectivity index (χ1) is 12.7. The van der Waals surface area contributed by atoms with Crippen LogP contribution in [0, 0.1) is 6.92 Å². The van der Waals surface area contributed by atoms with Gasteiger partial charge in [0.2, 0.25) is 5.13 Å². The molecular weight excluding hydrogens is 350 g/mol. The lowest BCUT2D eigenvalue weighted by atomic mass is 10.1. The maximum absolute atomic E-state index is 12.2. The second-order valence-corrected chi connectivity index (χ2v) is 6.83. The summed E-state index contributed by atoms with van der Waals surface area (Å²) in [6, 6.07) is 17.3. The van der Waals surface area contributed by atoms with Crippen LogP contribution in [0.2, 0.25) is 0 Å². The van der Waals surface area contributed by atoms with Gasteiger partial charge in [-0.25, -0.2) is 0 Å². The predicted molar refractivity (Wildman–Crippen MR) is 99.6 cm³/mol. The van der Waals surface area contributed by atoms with Gasteiger partial charge in [-0.1, -0.05) is 41.7 Å². The molecule has 0 bridgehead atoms. The quantitative estimate of drug-likeness (QED) is 0.566. The molecule has 4 rings (SSSR count). The van der Waals surface area contributed by atoms with Crippen molar-refractivity contribution in [2.24, 2.45) is 0 Å². The molecule has 0 fully saturated rings. The Bertz CT molecular complexity index is 1070. The lowest BCUT2D eigenvalue weighted by Crippen LogP contribution is -2.10. The molecule has 2 aromatic heterocycles. The molecule has 0 aliphatic carbocycles. The summed E-state index contributed by atoms with van der Waals surface area (Å²) in [5.74, 6) is 1.15. The molecular formula is C19H15N3O3S. The minimum atomic E-state index is -0.363. The predicted octanol–water partition coefficient (Wildman–Crippen LogP) is 4.42. The molecule has 1 N–H and O–H groups in total. The second-order valence-electron chi connectivity index (χ2n) is 5.64. The molecule has 130 valence electrons. The fourth-order valence-electron chi connectivity index (χ4n) is 2.49. The maximum Gasteiger partial charge on any atom is 0.293 e. The Hall–Kier alpha value is -3.19. The van der Waals surface area contributed by atoms with Crippen molar-refractivity contribution in [3.8, 4) is 5.75 Å². The SMILES string of the molecule is Cc1nnc(NC(=O)c2ccc(COc3ccc4ccccc4c3)o2)s1. The van der Waals surface area contributed by atoms with E-state index in [0.717, 1.165) is 21.5 Å². The summed E-state index contributed by atoms with van der Waals surface area (Å²) in [5, 5.41) is 13.9. The fourth-order valence-corrected chi connectivity index (χ4v) is 3.08. The molecule has 0 saturated carbocycles. The molecule has 0 spiro atoms. The van der Waals surface area contributed by atoms with E-state index < -0.39 is 0 Å². The molecule has 2 heterocycles. The zero-order valence-electron chi connectivity index (χ0n) is 13.9. The van der Waals surface area contributed by atoms with Crippen LogP contribution in [0.3, 0.4) is 0 Å². The molecule has 26 heavy (non-hydrogen) atoms. The molecule has 2 aromatic carbocycles. The van der Waals surface area contributed by atoms with E-state index in [4.69, 9.17) is 9.15 Å². The Balaban J connectivity index is 1.40. The van der Waals surface area contributed by atoms with Gasteiger partial charge in [-0.2, -0.15) is 0 Å². The largest absolute Gasteiger partial charge is 0.486 e. The molecule has 0 aliphatic heterocycles. The number of hydrogen-bond acceptors (Lipinski definition) is 6. The zero-order valence-corrected chi connectivity index (χ0v) is 14.7. The number of furan rings is 1. The van der Waals surface area contributed by atoms with Gasteiger partial charge in [0.15, 0.2) is 5.76 Å². The van der Waals surface area contributed by atoms with Crippen molar-refractivity contribution in [3.05, 3.63) is 71.1 Å². The standard InChI is InChI=1S/C19H15N3O3S/c1-12-21-22-19(26-12)20-18(23)17-9-8-16(25-17)11-24-15-7-6-13-4-2-3-5-14(13)10-15/h2-10H,11H2,1H3,(H,20,22,23). The van der Waals surface area contributed by atoms with E-state index in [0.29, 0.717) is 10.9 Å². The average molecular weight is 365 g/mol. The van der Waals surface area contributed by atoms with Crippen molar-refractivity contribution in [1.29, 1.82) is 0 Å². The lowest BCUT2D eigenvalue weighted by molar-refractivity contribution is 0.0992. The van der Waals surface area contributed by atoms with Crippen LogP contribution >= 0.6 is 11.3 Å². The van der Waals surface area contributed by atoms with Crippen molar-refractivity contribution < 1.29 is 13.9 Å². The summed E-state index contributed by atoms with van der Waals surface area (Å²) in [6.45, 7) is 2.06. The van der Waals surface area contributed by atoms with E-state index in [1.807, 2.05) is 43.3 Å². The van der Waals surface area contributed by atoms with E-state index in [1.54, 1.807) is 12.1 Å². The smallest absolute Gasteiger partial charge is 0.293 e. The first kappa shape index (κ1) is 16.3. The van der Waals surface area contributed by atoms with Gasteiger partial charge in [0.1, 0.15) is 23.1 Å². The van der Waals surface area contributed by atoms with E-state index in [-0.39, 0.29) is 18.3 Å². The summed E-state index contributed by atoms with van der Waals surface area (Å²) >= 11 is 1.31. The van der Waals surface area contributed by atoms with Gasteiger partial charge in [0, 0.05) is 0 Å². The van der Waals surface area contributed by atoms with Crippen LogP contribution in [0.15, 0.2) is 59.0 Å². The van der Waals surface area contributed by atoms with Gasteiger partial charge in [-0.05, 0) is 42.0 Å². The highest BCUT2D eigenvalue weighted by molar-refractivity contribution is 7.15. The number of hydrogen-bond donors (Lipinski definition) is 1. The summed E-state index contributed by atoms with van der Waals surface area (Å²) in [7, 11) is 0. The number of benzene rings is 2. The number of carbonyl (C=O) groups is 1. The molecule has 0 unspecified atom stereocenters. The van der Waals surface area contributed by atoms with Crippen LogP contribution in [0.4, 0.5) is 5.13 Å². The Morgan fingerprint density at radius 2 is 1.96 bits per heavy atom. The van der Waals surface area contributed by atoms with E-state index >= 15 is 0 Å². The number of rotatable bonds is 5. The van der Waals surface area contributed by atoms with Gasteiger partial charge in [-0.15, -0.1) is 10.2 Å². The van der Waals surface area contributed by atoms with Gasteiger partial charge in [0.25, 0.3) is 5.91 Å². The number of ether oxygens (including phenoxy) is 1. The highest BCUT2D eigenvalue weighted by atomic mass is 32.1. The molecule has 4 aromatic rings. The van der Waals surface area contributed by atoms with Crippen LogP contribution in [-0.4, -0.2) is 16.1 Å². The minimum Gasteiger partial charge on any atom is -0.486 e. The molecule has 0 radical (unpaired) electrons. The third kappa shape index (κ3) is 3.57. The number of aryl methyl sites for hydroxylation is 1. The monoisotopic (exact) mass is 365 g/mol. The number of amides is 1. The highest BCUT2D eigenvalue weighted by Gasteiger charge is 2.14. The average Bonchev–Trinajstić information content (AvgIpc) is 3.29. The van der Waals surface area contributed by atoms with Crippen molar-refractivity contribution >= 4 is 33.1 Å². The van der Waals surface area contributed by atoms with Crippen LogP contribution in [0.25, 0.3) is 10.8 Å². The zero-order chi connectivity index (χ0) is 17.9. The van der Waals surface area contributed by atoms with Crippen molar-refractivity contribution in [3.63, 3.8) is 0 Å². The maximum atomic E-state index is 12.2. The first-order valence-corrected chi connectivity index (χ1v) is 8.81.